The molecule has 2 N–H and O–H groups in total. The number of piperazine rings is 1. The number of nitrogens with one attached hydrogen (secondary N) is 1. The van der Waals surface area contributed by atoms with E-state index in [-0.39, 0.29) is 37.0 Å². The number of alkyl halides is 3. The van der Waals surface area contributed by atoms with Gasteiger partial charge in [0.1, 0.15) is 5.75 Å². The van der Waals surface area contributed by atoms with Crippen LogP contribution in [0.1, 0.15) is 30.0 Å². The van der Waals surface area contributed by atoms with Crippen LogP contribution in [0.2, 0.25) is 0 Å². The third-order valence-corrected chi connectivity index (χ3v) is 3.84. The Morgan fingerprint density at radius 3 is 2.39 bits per heavy atom. The van der Waals surface area contributed by atoms with Gasteiger partial charge in [0.25, 0.3) is 0 Å². The number of halogens is 5. The highest BCUT2D eigenvalue weighted by atomic mass is 35.5. The van der Waals surface area contributed by atoms with E-state index < -0.39 is 18.6 Å². The number of aromatic hydroxyl groups is 1. The van der Waals surface area contributed by atoms with E-state index in [0.29, 0.717) is 18.7 Å². The molecular weight excluding hydrogens is 352 g/mol. The lowest BCUT2D eigenvalue weighted by molar-refractivity contribution is -0.138. The van der Waals surface area contributed by atoms with E-state index in [4.69, 9.17) is 0 Å². The largest absolute Gasteiger partial charge is 0.508 e. The molecule has 0 unspecified atom stereocenters. The molecule has 0 saturated carbocycles. The SMILES string of the molecule is Cc1ccc(O)c([C@@H](CCC(F)(F)F)N2CCNCC2)c1.Cl.Cl. The van der Waals surface area contributed by atoms with Crippen LogP contribution in [0.4, 0.5) is 13.2 Å². The summed E-state index contributed by atoms with van der Waals surface area (Å²) >= 11 is 0. The average molecular weight is 375 g/mol. The van der Waals surface area contributed by atoms with Crippen LogP contribution in [0.15, 0.2) is 18.2 Å². The molecule has 1 atom stereocenters. The first kappa shape index (κ1) is 22.3. The van der Waals surface area contributed by atoms with Crippen molar-refractivity contribution in [3.63, 3.8) is 0 Å². The van der Waals surface area contributed by atoms with Crippen molar-refractivity contribution < 1.29 is 18.3 Å². The minimum atomic E-state index is -4.17. The summed E-state index contributed by atoms with van der Waals surface area (Å²) in [5.41, 5.74) is 1.54. The molecule has 1 aliphatic heterocycles. The Morgan fingerprint density at radius 1 is 1.22 bits per heavy atom. The maximum Gasteiger partial charge on any atom is 0.389 e. The van der Waals surface area contributed by atoms with Gasteiger partial charge in [-0.3, -0.25) is 4.90 Å². The van der Waals surface area contributed by atoms with Crippen LogP contribution in [0.25, 0.3) is 0 Å². The number of hydrogen-bond donors (Lipinski definition) is 2. The second-order valence-electron chi connectivity index (χ2n) is 5.52. The number of phenols is 1. The second-order valence-corrected chi connectivity index (χ2v) is 5.52. The monoisotopic (exact) mass is 374 g/mol. The summed E-state index contributed by atoms with van der Waals surface area (Å²) in [6.07, 6.45) is -5.04. The van der Waals surface area contributed by atoms with Gasteiger partial charge in [0.15, 0.2) is 0 Å². The highest BCUT2D eigenvalue weighted by molar-refractivity contribution is 5.85. The van der Waals surface area contributed by atoms with Gasteiger partial charge in [-0.1, -0.05) is 17.7 Å². The van der Waals surface area contributed by atoms with Crippen LogP contribution in [0.5, 0.6) is 5.75 Å². The van der Waals surface area contributed by atoms with Gasteiger partial charge in [0.2, 0.25) is 0 Å². The first-order valence-corrected chi connectivity index (χ1v) is 7.18. The molecule has 1 aliphatic rings. The van der Waals surface area contributed by atoms with Gasteiger partial charge in [0.05, 0.1) is 0 Å². The number of nitrogens with zero attached hydrogens (tertiary/aromatic N) is 1. The van der Waals surface area contributed by atoms with E-state index in [1.807, 2.05) is 11.8 Å². The predicted molar refractivity (Wildman–Crippen MR) is 89.8 cm³/mol. The third-order valence-electron chi connectivity index (χ3n) is 3.84. The molecule has 0 radical (unpaired) electrons. The maximum atomic E-state index is 12.6. The molecule has 134 valence electrons. The molecule has 8 heteroatoms. The second kappa shape index (κ2) is 9.57. The van der Waals surface area contributed by atoms with E-state index in [1.54, 1.807) is 18.2 Å². The molecular formula is C15H23Cl2F3N2O. The van der Waals surface area contributed by atoms with Crippen LogP contribution in [-0.2, 0) is 0 Å². The third kappa shape index (κ3) is 6.75. The Bertz CT molecular complexity index is 480. The van der Waals surface area contributed by atoms with Crippen molar-refractivity contribution in [3.05, 3.63) is 29.3 Å². The minimum Gasteiger partial charge on any atom is -0.508 e. The van der Waals surface area contributed by atoms with E-state index >= 15 is 0 Å². The van der Waals surface area contributed by atoms with Crippen LogP contribution < -0.4 is 5.32 Å². The van der Waals surface area contributed by atoms with Crippen LogP contribution >= 0.6 is 24.8 Å². The Kier molecular flexibility index (Phi) is 9.28. The van der Waals surface area contributed by atoms with Crippen molar-refractivity contribution in [2.24, 2.45) is 0 Å². The Morgan fingerprint density at radius 2 is 1.83 bits per heavy atom. The van der Waals surface area contributed by atoms with E-state index in [9.17, 15) is 18.3 Å². The van der Waals surface area contributed by atoms with Gasteiger partial charge >= 0.3 is 6.18 Å². The van der Waals surface area contributed by atoms with E-state index in [0.717, 1.165) is 18.7 Å². The van der Waals surface area contributed by atoms with E-state index in [2.05, 4.69) is 5.32 Å². The molecule has 1 heterocycles. The minimum absolute atomic E-state index is 0. The Balaban J connectivity index is 0.00000242. The number of benzene rings is 1. The summed E-state index contributed by atoms with van der Waals surface area (Å²) in [6, 6.07) is 4.72. The molecule has 0 spiro atoms. The summed E-state index contributed by atoms with van der Waals surface area (Å²) in [5, 5.41) is 13.2. The fourth-order valence-corrected chi connectivity index (χ4v) is 2.77. The lowest BCUT2D eigenvalue weighted by Crippen LogP contribution is -2.45. The number of hydrogen-bond acceptors (Lipinski definition) is 3. The Labute approximate surface area is 147 Å². The van der Waals surface area contributed by atoms with Gasteiger partial charge in [-0.25, -0.2) is 0 Å². The molecule has 2 rings (SSSR count). The number of rotatable bonds is 4. The smallest absolute Gasteiger partial charge is 0.389 e. The first-order valence-electron chi connectivity index (χ1n) is 7.18. The summed E-state index contributed by atoms with van der Waals surface area (Å²) in [6.45, 7) is 4.78. The van der Waals surface area contributed by atoms with Crippen LogP contribution in [0, 0.1) is 6.92 Å². The first-order chi connectivity index (χ1) is 9.87. The summed E-state index contributed by atoms with van der Waals surface area (Å²) in [4.78, 5) is 2.02. The highest BCUT2D eigenvalue weighted by Crippen LogP contribution is 2.36. The van der Waals surface area contributed by atoms with Crippen molar-refractivity contribution in [2.45, 2.75) is 32.0 Å². The predicted octanol–water partition coefficient (Wildman–Crippen LogP) is 3.83. The molecule has 0 aromatic heterocycles. The molecule has 1 aromatic carbocycles. The van der Waals surface area contributed by atoms with Crippen molar-refractivity contribution in [3.8, 4) is 5.75 Å². The highest BCUT2D eigenvalue weighted by Gasteiger charge is 2.32. The van der Waals surface area contributed by atoms with Gasteiger partial charge in [-0.05, 0) is 19.4 Å². The van der Waals surface area contributed by atoms with Gasteiger partial charge in [0, 0.05) is 44.2 Å². The lowest BCUT2D eigenvalue weighted by Gasteiger charge is -2.35. The maximum absolute atomic E-state index is 12.6. The van der Waals surface area contributed by atoms with Crippen LogP contribution in [0.3, 0.4) is 0 Å². The average Bonchev–Trinajstić information content (AvgIpc) is 2.43. The molecule has 1 saturated heterocycles. The molecule has 0 aliphatic carbocycles. The molecule has 0 bridgehead atoms. The fraction of sp³-hybridized carbons (Fsp3) is 0.600. The summed E-state index contributed by atoms with van der Waals surface area (Å²) in [7, 11) is 0. The topological polar surface area (TPSA) is 35.5 Å². The molecule has 0 amide bonds. The molecule has 1 fully saturated rings. The summed E-state index contributed by atoms with van der Waals surface area (Å²) in [5.74, 6) is 0.0753. The normalized spacial score (nSPS) is 17.0. The number of phenolic OH excluding ortho intramolecular Hbond substituents is 1. The van der Waals surface area contributed by atoms with Gasteiger partial charge in [-0.15, -0.1) is 24.8 Å². The van der Waals surface area contributed by atoms with Gasteiger partial charge < -0.3 is 10.4 Å². The summed E-state index contributed by atoms with van der Waals surface area (Å²) < 4.78 is 37.8. The zero-order valence-electron chi connectivity index (χ0n) is 12.9. The standard InChI is InChI=1S/C15H21F3N2O.2ClH/c1-11-2-3-14(21)12(10-11)13(4-5-15(16,17)18)20-8-6-19-7-9-20;;/h2-3,10,13,19,21H,4-9H2,1H3;2*1H/t13-;;/m1../s1. The zero-order chi connectivity index (χ0) is 15.5. The lowest BCUT2D eigenvalue weighted by atomic mass is 9.97. The van der Waals surface area contributed by atoms with Crippen molar-refractivity contribution in [1.29, 1.82) is 0 Å². The van der Waals surface area contributed by atoms with Crippen molar-refractivity contribution >= 4 is 24.8 Å². The molecule has 3 nitrogen and oxygen atoms in total. The quantitative estimate of drug-likeness (QED) is 0.840. The molecule has 23 heavy (non-hydrogen) atoms. The van der Waals surface area contributed by atoms with Crippen LogP contribution in [-0.4, -0.2) is 42.4 Å². The van der Waals surface area contributed by atoms with E-state index in [1.165, 1.54) is 0 Å². The van der Waals surface area contributed by atoms with Crippen molar-refractivity contribution in [2.75, 3.05) is 26.2 Å². The number of aryl methyl sites for hydroxylation is 1. The fourth-order valence-electron chi connectivity index (χ4n) is 2.77. The van der Waals surface area contributed by atoms with Crippen molar-refractivity contribution in [1.82, 2.24) is 10.2 Å². The zero-order valence-corrected chi connectivity index (χ0v) is 14.5. The molecule has 1 aromatic rings. The Hall–Kier alpha value is -0.690. The van der Waals surface area contributed by atoms with Gasteiger partial charge in [-0.2, -0.15) is 13.2 Å².